The van der Waals surface area contributed by atoms with E-state index in [1.54, 1.807) is 0 Å². The molecule has 0 saturated heterocycles. The topological polar surface area (TPSA) is 147 Å². The van der Waals surface area contributed by atoms with Crippen LogP contribution in [0.1, 0.15) is 6.42 Å². The molecule has 1 aliphatic carbocycles. The molecule has 120 valence electrons. The molecule has 0 unspecified atom stereocenters. The summed E-state index contributed by atoms with van der Waals surface area (Å²) in [6.07, 6.45) is 1.23. The van der Waals surface area contributed by atoms with Crippen molar-refractivity contribution in [3.05, 3.63) is 16.7 Å². The van der Waals surface area contributed by atoms with Gasteiger partial charge in [0.1, 0.15) is 0 Å². The van der Waals surface area contributed by atoms with Crippen LogP contribution in [0.2, 0.25) is 0 Å². The Kier molecular flexibility index (Phi) is 3.13. The Bertz CT molecular complexity index is 843. The van der Waals surface area contributed by atoms with Crippen LogP contribution >= 0.6 is 7.60 Å². The molecule has 1 fully saturated rings. The predicted molar refractivity (Wildman–Crippen MR) is 71.1 cm³/mol. The number of aromatic amines is 1. The van der Waals surface area contributed by atoms with Gasteiger partial charge in [0.15, 0.2) is 11.2 Å². The Morgan fingerprint density at radius 2 is 2.23 bits per heavy atom. The Labute approximate surface area is 121 Å². The maximum Gasteiger partial charge on any atom is 0.394 e. The van der Waals surface area contributed by atoms with Gasteiger partial charge in [0, 0.05) is 12.5 Å². The lowest BCUT2D eigenvalue weighted by Crippen LogP contribution is -2.21. The van der Waals surface area contributed by atoms with Crippen LogP contribution in [-0.4, -0.2) is 35.0 Å². The summed E-state index contributed by atoms with van der Waals surface area (Å²) in [7, 11) is -5.50. The predicted octanol–water partition coefficient (Wildman–Crippen LogP) is 0.108. The quantitative estimate of drug-likeness (QED) is 0.580. The van der Waals surface area contributed by atoms with Crippen LogP contribution in [0, 0.1) is 11.8 Å². The second-order valence-corrected chi connectivity index (χ2v) is 6.94. The van der Waals surface area contributed by atoms with E-state index in [0.29, 0.717) is 0 Å². The highest BCUT2D eigenvalue weighted by atomic mass is 31.2. The number of nitrogens with one attached hydrogen (secondary N) is 1. The highest BCUT2D eigenvalue weighted by molar-refractivity contribution is 7.53. The number of nitrogens with two attached hydrogens (primary N) is 1. The largest absolute Gasteiger partial charge is 0.394 e. The van der Waals surface area contributed by atoms with Crippen LogP contribution in [0.25, 0.3) is 11.2 Å². The molecule has 2 heterocycles. The molecule has 0 aliphatic heterocycles. The fraction of sp³-hybridized carbons (Fsp3) is 0.500. The number of anilines is 1. The minimum Gasteiger partial charge on any atom is -0.369 e. The Hall–Kier alpha value is -1.84. The molecular formula is C10H12F2N5O4P. The third-order valence-corrected chi connectivity index (χ3v) is 4.79. The minimum atomic E-state index is -5.50. The number of nitrogens with zero attached hydrogens (tertiary/aromatic N) is 3. The van der Waals surface area contributed by atoms with Crippen molar-refractivity contribution in [2.75, 3.05) is 5.73 Å². The first kappa shape index (κ1) is 15.1. The zero-order valence-corrected chi connectivity index (χ0v) is 11.9. The van der Waals surface area contributed by atoms with Crippen LogP contribution in [0.4, 0.5) is 14.7 Å². The van der Waals surface area contributed by atoms with Crippen LogP contribution < -0.4 is 11.3 Å². The third kappa shape index (κ3) is 2.31. The first-order valence-electron chi connectivity index (χ1n) is 6.25. The number of hydrogen-bond donors (Lipinski definition) is 4. The van der Waals surface area contributed by atoms with Gasteiger partial charge in [-0.05, 0) is 12.3 Å². The summed E-state index contributed by atoms with van der Waals surface area (Å²) in [5, 5.41) is 0. The average molecular weight is 335 g/mol. The fourth-order valence-corrected chi connectivity index (χ4v) is 3.20. The molecule has 9 nitrogen and oxygen atoms in total. The van der Waals surface area contributed by atoms with Gasteiger partial charge in [-0.15, -0.1) is 0 Å². The number of hydrogen-bond acceptors (Lipinski definition) is 5. The van der Waals surface area contributed by atoms with Crippen molar-refractivity contribution in [3.8, 4) is 0 Å². The Balaban J connectivity index is 1.85. The normalized spacial score (nSPS) is 22.2. The Morgan fingerprint density at radius 3 is 2.86 bits per heavy atom. The zero-order chi connectivity index (χ0) is 16.3. The van der Waals surface area contributed by atoms with E-state index in [0.717, 1.165) is 0 Å². The van der Waals surface area contributed by atoms with Gasteiger partial charge in [0.2, 0.25) is 5.95 Å². The van der Waals surface area contributed by atoms with E-state index >= 15 is 0 Å². The van der Waals surface area contributed by atoms with Crippen molar-refractivity contribution in [1.82, 2.24) is 19.5 Å². The molecule has 2 aromatic heterocycles. The highest BCUT2D eigenvalue weighted by Gasteiger charge is 2.64. The van der Waals surface area contributed by atoms with E-state index in [9.17, 15) is 18.1 Å². The smallest absolute Gasteiger partial charge is 0.369 e. The van der Waals surface area contributed by atoms with E-state index < -0.39 is 30.7 Å². The van der Waals surface area contributed by atoms with E-state index in [1.807, 2.05) is 0 Å². The number of imidazole rings is 1. The number of halogens is 2. The molecule has 12 heteroatoms. The van der Waals surface area contributed by atoms with Gasteiger partial charge in [-0.2, -0.15) is 13.8 Å². The number of rotatable bonds is 4. The summed E-state index contributed by atoms with van der Waals surface area (Å²) in [6, 6.07) is 0. The maximum absolute atomic E-state index is 13.6. The first-order chi connectivity index (χ1) is 10.1. The molecule has 22 heavy (non-hydrogen) atoms. The van der Waals surface area contributed by atoms with E-state index in [2.05, 4.69) is 15.0 Å². The summed E-state index contributed by atoms with van der Waals surface area (Å²) in [5.41, 5.74) is 0.984. The zero-order valence-electron chi connectivity index (χ0n) is 11.0. The average Bonchev–Trinajstić information content (AvgIpc) is 3.03. The van der Waals surface area contributed by atoms with E-state index in [1.165, 1.54) is 10.9 Å². The lowest BCUT2D eigenvalue weighted by Gasteiger charge is -2.17. The molecular weight excluding hydrogens is 323 g/mol. The van der Waals surface area contributed by atoms with Crippen molar-refractivity contribution in [2.45, 2.75) is 18.6 Å². The standard InChI is InChI=1S/C10H12F2N5O4P/c11-10(12,22(19,20)21)5-1-4(5)2-17-3-14-6-7(17)15-9(13)16-8(6)18/h3-5H,1-2H2,(H2,19,20,21)(H3,13,15,16,18)/t4-,5+/m0/s1. The molecule has 1 aliphatic rings. The first-order valence-corrected chi connectivity index (χ1v) is 7.86. The molecule has 0 bridgehead atoms. The van der Waals surface area contributed by atoms with Gasteiger partial charge in [-0.25, -0.2) is 4.98 Å². The number of alkyl halides is 2. The van der Waals surface area contributed by atoms with Gasteiger partial charge in [-0.3, -0.25) is 14.3 Å². The second kappa shape index (κ2) is 4.58. The molecule has 3 rings (SSSR count). The summed E-state index contributed by atoms with van der Waals surface area (Å²) in [6.45, 7) is 0.0205. The monoisotopic (exact) mass is 335 g/mol. The lowest BCUT2D eigenvalue weighted by molar-refractivity contribution is 0.0307. The molecule has 2 atom stereocenters. The summed E-state index contributed by atoms with van der Waals surface area (Å²) >= 11 is 0. The van der Waals surface area contributed by atoms with Gasteiger partial charge in [0.05, 0.1) is 6.33 Å². The molecule has 0 spiro atoms. The highest BCUT2D eigenvalue weighted by Crippen LogP contribution is 2.65. The number of fused-ring (bicyclic) bond motifs is 1. The van der Waals surface area contributed by atoms with Crippen LogP contribution in [-0.2, 0) is 11.1 Å². The van der Waals surface area contributed by atoms with Crippen LogP contribution in [0.15, 0.2) is 11.1 Å². The van der Waals surface area contributed by atoms with Crippen molar-refractivity contribution in [1.29, 1.82) is 0 Å². The molecule has 2 aromatic rings. The van der Waals surface area contributed by atoms with Gasteiger partial charge in [0.25, 0.3) is 5.56 Å². The molecule has 1 saturated carbocycles. The molecule has 0 aromatic carbocycles. The summed E-state index contributed by atoms with van der Waals surface area (Å²) in [5.74, 6) is -2.18. The lowest BCUT2D eigenvalue weighted by atomic mass is 10.3. The van der Waals surface area contributed by atoms with Crippen molar-refractivity contribution in [3.63, 3.8) is 0 Å². The van der Waals surface area contributed by atoms with Crippen LogP contribution in [0.5, 0.6) is 0 Å². The van der Waals surface area contributed by atoms with E-state index in [4.69, 9.17) is 15.5 Å². The number of nitrogen functional groups attached to an aromatic ring is 1. The van der Waals surface area contributed by atoms with E-state index in [-0.39, 0.29) is 30.1 Å². The van der Waals surface area contributed by atoms with Crippen molar-refractivity contribution >= 4 is 24.7 Å². The summed E-state index contributed by atoms with van der Waals surface area (Å²) < 4.78 is 39.3. The van der Waals surface area contributed by atoms with Crippen molar-refractivity contribution < 1.29 is 23.1 Å². The molecule has 5 N–H and O–H groups in total. The van der Waals surface area contributed by atoms with Crippen LogP contribution in [0.3, 0.4) is 0 Å². The second-order valence-electron chi connectivity index (χ2n) is 5.25. The third-order valence-electron chi connectivity index (χ3n) is 3.68. The van der Waals surface area contributed by atoms with Gasteiger partial charge in [-0.1, -0.05) is 0 Å². The van der Waals surface area contributed by atoms with Gasteiger partial charge < -0.3 is 20.1 Å². The fourth-order valence-electron chi connectivity index (χ4n) is 2.45. The summed E-state index contributed by atoms with van der Waals surface area (Å²) in [4.78, 5) is 39.0. The van der Waals surface area contributed by atoms with Gasteiger partial charge >= 0.3 is 13.3 Å². The number of aromatic nitrogens is 4. The minimum absolute atomic E-state index is 0.0205. The SMILES string of the molecule is Nc1nc2c(ncn2C[C@@H]2C[C@H]2C(F)(F)P(=O)(O)O)c(=O)[nH]1. The Morgan fingerprint density at radius 1 is 1.55 bits per heavy atom. The van der Waals surface area contributed by atoms with Crippen molar-refractivity contribution in [2.24, 2.45) is 11.8 Å². The maximum atomic E-state index is 13.6. The molecule has 0 amide bonds. The number of H-pyrrole nitrogens is 1. The molecule has 0 radical (unpaired) electrons.